The van der Waals surface area contributed by atoms with E-state index in [4.69, 9.17) is 9.84 Å². The predicted octanol–water partition coefficient (Wildman–Crippen LogP) is 2.35. The number of nitrogens with zero attached hydrogens (tertiary/aromatic N) is 2. The number of aliphatic hydroxyl groups excluding tert-OH is 1. The highest BCUT2D eigenvalue weighted by atomic mass is 19.1. The molecule has 0 bridgehead atoms. The molecular formula is C14H23FN2O2. The molecule has 108 valence electrons. The highest BCUT2D eigenvalue weighted by molar-refractivity contribution is 5.44. The smallest absolute Gasteiger partial charge is 0.171 e. The summed E-state index contributed by atoms with van der Waals surface area (Å²) in [7, 11) is 1.62. The number of pyridine rings is 1. The van der Waals surface area contributed by atoms with E-state index in [0.29, 0.717) is 19.0 Å². The maximum atomic E-state index is 14.3. The molecule has 0 aliphatic rings. The van der Waals surface area contributed by atoms with E-state index in [-0.39, 0.29) is 18.2 Å². The van der Waals surface area contributed by atoms with E-state index in [1.807, 2.05) is 4.90 Å². The third kappa shape index (κ3) is 3.88. The van der Waals surface area contributed by atoms with Crippen LogP contribution in [0.4, 0.5) is 10.2 Å². The Balaban J connectivity index is 3.08. The normalized spacial score (nSPS) is 11.1. The molecule has 5 heteroatoms. The molecule has 0 saturated carbocycles. The molecule has 1 aromatic heterocycles. The summed E-state index contributed by atoms with van der Waals surface area (Å²) in [4.78, 5) is 6.07. The summed E-state index contributed by atoms with van der Waals surface area (Å²) >= 11 is 0. The number of aromatic nitrogens is 1. The summed E-state index contributed by atoms with van der Waals surface area (Å²) in [6.45, 7) is 4.93. The Morgan fingerprint density at radius 1 is 1.42 bits per heavy atom. The van der Waals surface area contributed by atoms with Crippen molar-refractivity contribution in [2.75, 3.05) is 25.2 Å². The Kier molecular flexibility index (Phi) is 6.73. The number of hydrogen-bond acceptors (Lipinski definition) is 4. The summed E-state index contributed by atoms with van der Waals surface area (Å²) in [5.41, 5.74) is 0.276. The standard InChI is InChI=1S/C14H23FN2O2/c1-4-12(5-2)17(8-9-19-3)14-13(15)11(10-18)6-7-16-14/h6-7,12,18H,4-5,8-10H2,1-3H3. The van der Waals surface area contributed by atoms with Gasteiger partial charge in [0, 0.05) is 31.5 Å². The molecule has 19 heavy (non-hydrogen) atoms. The van der Waals surface area contributed by atoms with Gasteiger partial charge in [-0.3, -0.25) is 0 Å². The van der Waals surface area contributed by atoms with Gasteiger partial charge >= 0.3 is 0 Å². The van der Waals surface area contributed by atoms with Crippen molar-refractivity contribution in [3.8, 4) is 0 Å². The zero-order chi connectivity index (χ0) is 14.3. The largest absolute Gasteiger partial charge is 0.392 e. The Morgan fingerprint density at radius 3 is 2.63 bits per heavy atom. The van der Waals surface area contributed by atoms with Crippen molar-refractivity contribution in [1.29, 1.82) is 0 Å². The molecule has 0 aromatic carbocycles. The van der Waals surface area contributed by atoms with Crippen LogP contribution in [0.2, 0.25) is 0 Å². The highest BCUT2D eigenvalue weighted by Gasteiger charge is 2.21. The van der Waals surface area contributed by atoms with E-state index < -0.39 is 5.82 Å². The lowest BCUT2D eigenvalue weighted by Gasteiger charge is -2.32. The van der Waals surface area contributed by atoms with Gasteiger partial charge in [0.15, 0.2) is 11.6 Å². The maximum Gasteiger partial charge on any atom is 0.171 e. The van der Waals surface area contributed by atoms with Crippen LogP contribution >= 0.6 is 0 Å². The minimum absolute atomic E-state index is 0.214. The van der Waals surface area contributed by atoms with Crippen molar-refractivity contribution in [3.05, 3.63) is 23.6 Å². The van der Waals surface area contributed by atoms with E-state index in [0.717, 1.165) is 12.8 Å². The molecule has 0 unspecified atom stereocenters. The summed E-state index contributed by atoms with van der Waals surface area (Å²) in [6, 6.07) is 1.71. The summed E-state index contributed by atoms with van der Waals surface area (Å²) in [5.74, 6) is -0.134. The topological polar surface area (TPSA) is 45.6 Å². The van der Waals surface area contributed by atoms with Gasteiger partial charge in [0.1, 0.15) is 0 Å². The fraction of sp³-hybridized carbons (Fsp3) is 0.643. The molecule has 4 nitrogen and oxygen atoms in total. The van der Waals surface area contributed by atoms with Crippen LogP contribution in [-0.4, -0.2) is 36.4 Å². The lowest BCUT2D eigenvalue weighted by molar-refractivity contribution is 0.202. The SMILES string of the molecule is CCC(CC)N(CCOC)c1nccc(CO)c1F. The molecule has 0 atom stereocenters. The highest BCUT2D eigenvalue weighted by Crippen LogP contribution is 2.23. The van der Waals surface area contributed by atoms with Crippen molar-refractivity contribution in [1.82, 2.24) is 4.98 Å². The average Bonchev–Trinajstić information content (AvgIpc) is 2.44. The number of ether oxygens (including phenoxy) is 1. The first-order chi connectivity index (χ1) is 9.19. The Labute approximate surface area is 114 Å². The minimum Gasteiger partial charge on any atom is -0.392 e. The molecule has 1 rings (SSSR count). The summed E-state index contributed by atoms with van der Waals surface area (Å²) in [5, 5.41) is 9.14. The van der Waals surface area contributed by atoms with Gasteiger partial charge in [0.25, 0.3) is 0 Å². The molecule has 0 aliphatic carbocycles. The average molecular weight is 270 g/mol. The fourth-order valence-corrected chi connectivity index (χ4v) is 2.17. The molecule has 0 saturated heterocycles. The molecular weight excluding hydrogens is 247 g/mol. The van der Waals surface area contributed by atoms with Crippen LogP contribution < -0.4 is 4.90 Å². The molecule has 1 heterocycles. The molecule has 0 radical (unpaired) electrons. The van der Waals surface area contributed by atoms with Gasteiger partial charge in [0.2, 0.25) is 0 Å². The van der Waals surface area contributed by atoms with Crippen molar-refractivity contribution < 1.29 is 14.2 Å². The number of methoxy groups -OCH3 is 1. The first-order valence-electron chi connectivity index (χ1n) is 6.69. The second-order valence-electron chi connectivity index (χ2n) is 4.42. The van der Waals surface area contributed by atoms with Crippen molar-refractivity contribution in [2.24, 2.45) is 0 Å². The molecule has 1 N–H and O–H groups in total. The minimum atomic E-state index is -0.437. The van der Waals surface area contributed by atoms with Crippen LogP contribution in [0.5, 0.6) is 0 Å². The van der Waals surface area contributed by atoms with Gasteiger partial charge in [-0.25, -0.2) is 9.37 Å². The molecule has 0 fully saturated rings. The quantitative estimate of drug-likeness (QED) is 0.787. The van der Waals surface area contributed by atoms with Gasteiger partial charge < -0.3 is 14.7 Å². The Bertz CT molecular complexity index is 384. The number of anilines is 1. The number of hydrogen-bond donors (Lipinski definition) is 1. The van der Waals surface area contributed by atoms with Crippen LogP contribution in [0.25, 0.3) is 0 Å². The molecule has 1 aromatic rings. The van der Waals surface area contributed by atoms with Gasteiger partial charge in [-0.05, 0) is 18.9 Å². The summed E-state index contributed by atoms with van der Waals surface area (Å²) in [6.07, 6.45) is 3.35. The lowest BCUT2D eigenvalue weighted by atomic mass is 10.1. The van der Waals surface area contributed by atoms with E-state index >= 15 is 0 Å². The molecule has 0 amide bonds. The van der Waals surface area contributed by atoms with E-state index in [9.17, 15) is 4.39 Å². The van der Waals surface area contributed by atoms with Crippen molar-refractivity contribution in [3.63, 3.8) is 0 Å². The first-order valence-corrected chi connectivity index (χ1v) is 6.69. The second-order valence-corrected chi connectivity index (χ2v) is 4.42. The third-order valence-corrected chi connectivity index (χ3v) is 3.31. The van der Waals surface area contributed by atoms with E-state index in [1.54, 1.807) is 7.11 Å². The molecule has 0 aliphatic heterocycles. The number of rotatable bonds is 8. The van der Waals surface area contributed by atoms with Crippen molar-refractivity contribution >= 4 is 5.82 Å². The number of halogens is 1. The van der Waals surface area contributed by atoms with E-state index in [1.165, 1.54) is 12.3 Å². The predicted molar refractivity (Wildman–Crippen MR) is 73.7 cm³/mol. The Hall–Kier alpha value is -1.20. The summed E-state index contributed by atoms with van der Waals surface area (Å²) < 4.78 is 19.4. The fourth-order valence-electron chi connectivity index (χ4n) is 2.17. The van der Waals surface area contributed by atoms with Crippen LogP contribution in [-0.2, 0) is 11.3 Å². The van der Waals surface area contributed by atoms with Gasteiger partial charge in [0.05, 0.1) is 13.2 Å². The van der Waals surface area contributed by atoms with Crippen LogP contribution in [0.1, 0.15) is 32.3 Å². The Morgan fingerprint density at radius 2 is 2.11 bits per heavy atom. The van der Waals surface area contributed by atoms with Gasteiger partial charge in [-0.1, -0.05) is 13.8 Å². The van der Waals surface area contributed by atoms with Crippen LogP contribution in [0.3, 0.4) is 0 Å². The second kappa shape index (κ2) is 8.07. The molecule has 0 spiro atoms. The van der Waals surface area contributed by atoms with Crippen molar-refractivity contribution in [2.45, 2.75) is 39.3 Å². The maximum absolute atomic E-state index is 14.3. The van der Waals surface area contributed by atoms with Gasteiger partial charge in [-0.15, -0.1) is 0 Å². The first kappa shape index (κ1) is 15.9. The lowest BCUT2D eigenvalue weighted by Crippen LogP contribution is -2.38. The van der Waals surface area contributed by atoms with Gasteiger partial charge in [-0.2, -0.15) is 0 Å². The third-order valence-electron chi connectivity index (χ3n) is 3.31. The zero-order valence-corrected chi connectivity index (χ0v) is 11.9. The zero-order valence-electron chi connectivity index (χ0n) is 11.9. The number of aliphatic hydroxyl groups is 1. The monoisotopic (exact) mass is 270 g/mol. The van der Waals surface area contributed by atoms with Crippen LogP contribution in [0.15, 0.2) is 12.3 Å². The van der Waals surface area contributed by atoms with Crippen LogP contribution in [0, 0.1) is 5.82 Å². The van der Waals surface area contributed by atoms with E-state index in [2.05, 4.69) is 18.8 Å².